The summed E-state index contributed by atoms with van der Waals surface area (Å²) < 4.78 is 31.6. The van der Waals surface area contributed by atoms with Gasteiger partial charge in [-0.2, -0.15) is 0 Å². The van der Waals surface area contributed by atoms with Crippen molar-refractivity contribution in [1.82, 2.24) is 10.5 Å². The van der Waals surface area contributed by atoms with Crippen molar-refractivity contribution < 1.29 is 22.9 Å². The molecule has 0 radical (unpaired) electrons. The standard InChI is InChI=1S/C22H21F2N3O3/c1-2-14-5-7-15(8-6-14)19-13-21(30-27-19)26-20(28)4-3-11-25-22(29)17-10-9-16(23)12-18(17)24/h5-10,12-13H,2-4,11H2,1H3,(H,25,29)(H,26,28). The first-order chi connectivity index (χ1) is 14.5. The molecule has 6 nitrogen and oxygen atoms in total. The van der Waals surface area contributed by atoms with Gasteiger partial charge in [0.05, 0.1) is 5.56 Å². The zero-order chi connectivity index (χ0) is 21.5. The Hall–Kier alpha value is -3.55. The normalized spacial score (nSPS) is 10.6. The molecule has 156 valence electrons. The lowest BCUT2D eigenvalue weighted by Gasteiger charge is -2.06. The van der Waals surface area contributed by atoms with Crippen LogP contribution in [-0.2, 0) is 11.2 Å². The molecule has 30 heavy (non-hydrogen) atoms. The van der Waals surface area contributed by atoms with E-state index in [1.807, 2.05) is 24.3 Å². The fourth-order valence-electron chi connectivity index (χ4n) is 2.80. The Kier molecular flexibility index (Phi) is 6.90. The number of benzene rings is 2. The number of rotatable bonds is 8. The van der Waals surface area contributed by atoms with Gasteiger partial charge < -0.3 is 9.84 Å². The maximum absolute atomic E-state index is 13.6. The summed E-state index contributed by atoms with van der Waals surface area (Å²) in [5, 5.41) is 9.06. The van der Waals surface area contributed by atoms with Crippen LogP contribution in [-0.4, -0.2) is 23.5 Å². The monoisotopic (exact) mass is 413 g/mol. The van der Waals surface area contributed by atoms with Crippen molar-refractivity contribution in [2.45, 2.75) is 26.2 Å². The van der Waals surface area contributed by atoms with E-state index in [0.29, 0.717) is 18.2 Å². The molecule has 1 aromatic heterocycles. The number of nitrogens with one attached hydrogen (secondary N) is 2. The number of aromatic nitrogens is 1. The summed E-state index contributed by atoms with van der Waals surface area (Å²) in [6, 6.07) is 12.3. The Balaban J connectivity index is 1.43. The molecule has 3 aromatic rings. The molecule has 0 fully saturated rings. The lowest BCUT2D eigenvalue weighted by atomic mass is 10.1. The quantitative estimate of drug-likeness (QED) is 0.539. The molecule has 0 spiro atoms. The van der Waals surface area contributed by atoms with Crippen molar-refractivity contribution in [3.8, 4) is 11.3 Å². The number of hydrogen-bond acceptors (Lipinski definition) is 4. The van der Waals surface area contributed by atoms with Crippen molar-refractivity contribution >= 4 is 17.7 Å². The van der Waals surface area contributed by atoms with Crippen molar-refractivity contribution in [2.24, 2.45) is 0 Å². The van der Waals surface area contributed by atoms with Gasteiger partial charge in [0.2, 0.25) is 11.8 Å². The number of aryl methyl sites for hydroxylation is 1. The molecule has 0 unspecified atom stereocenters. The van der Waals surface area contributed by atoms with Gasteiger partial charge in [-0.05, 0) is 30.5 Å². The molecule has 2 amide bonds. The van der Waals surface area contributed by atoms with Crippen LogP contribution in [0.4, 0.5) is 14.7 Å². The number of halogens is 2. The molecule has 0 saturated heterocycles. The highest BCUT2D eigenvalue weighted by molar-refractivity contribution is 5.94. The van der Waals surface area contributed by atoms with Crippen LogP contribution in [0.3, 0.4) is 0 Å². The van der Waals surface area contributed by atoms with E-state index in [0.717, 1.165) is 24.1 Å². The van der Waals surface area contributed by atoms with E-state index in [9.17, 15) is 18.4 Å². The van der Waals surface area contributed by atoms with Crippen molar-refractivity contribution in [2.75, 3.05) is 11.9 Å². The topological polar surface area (TPSA) is 84.2 Å². The van der Waals surface area contributed by atoms with Crippen LogP contribution >= 0.6 is 0 Å². The zero-order valence-electron chi connectivity index (χ0n) is 16.4. The molecule has 2 N–H and O–H groups in total. The highest BCUT2D eigenvalue weighted by Gasteiger charge is 2.13. The Bertz CT molecular complexity index is 1030. The smallest absolute Gasteiger partial charge is 0.254 e. The van der Waals surface area contributed by atoms with Crippen LogP contribution in [0.5, 0.6) is 0 Å². The molecule has 0 bridgehead atoms. The number of anilines is 1. The SMILES string of the molecule is CCc1ccc(-c2cc(NC(=O)CCCNC(=O)c3ccc(F)cc3F)on2)cc1. The van der Waals surface area contributed by atoms with Crippen LogP contribution in [0.1, 0.15) is 35.7 Å². The Labute approximate surface area is 172 Å². The largest absolute Gasteiger partial charge is 0.352 e. The lowest BCUT2D eigenvalue weighted by Crippen LogP contribution is -2.26. The summed E-state index contributed by atoms with van der Waals surface area (Å²) in [5.74, 6) is -2.43. The Morgan fingerprint density at radius 1 is 1.07 bits per heavy atom. The number of carbonyl (C=O) groups excluding carboxylic acids is 2. The fraction of sp³-hybridized carbons (Fsp3) is 0.227. The molecule has 0 aliphatic rings. The van der Waals surface area contributed by atoms with E-state index >= 15 is 0 Å². The zero-order valence-corrected chi connectivity index (χ0v) is 16.4. The van der Waals surface area contributed by atoms with Crippen molar-refractivity contribution in [3.63, 3.8) is 0 Å². The van der Waals surface area contributed by atoms with Crippen LogP contribution in [0.2, 0.25) is 0 Å². The molecular formula is C22H21F2N3O3. The number of amides is 2. The molecule has 3 rings (SSSR count). The highest BCUT2D eigenvalue weighted by Crippen LogP contribution is 2.22. The molecule has 0 atom stereocenters. The number of carbonyl (C=O) groups is 2. The van der Waals surface area contributed by atoms with E-state index in [-0.39, 0.29) is 30.3 Å². The first kappa shape index (κ1) is 21.2. The van der Waals surface area contributed by atoms with Gasteiger partial charge in [-0.3, -0.25) is 14.9 Å². The maximum atomic E-state index is 13.6. The van der Waals surface area contributed by atoms with Gasteiger partial charge in [0.1, 0.15) is 17.3 Å². The first-order valence-corrected chi connectivity index (χ1v) is 9.55. The molecule has 2 aromatic carbocycles. The van der Waals surface area contributed by atoms with Crippen LogP contribution in [0.25, 0.3) is 11.3 Å². The average Bonchev–Trinajstić information content (AvgIpc) is 3.19. The summed E-state index contributed by atoms with van der Waals surface area (Å²) >= 11 is 0. The molecule has 0 aliphatic carbocycles. The maximum Gasteiger partial charge on any atom is 0.254 e. The minimum atomic E-state index is -0.935. The summed E-state index contributed by atoms with van der Waals surface area (Å²) in [5.41, 5.74) is 2.46. The predicted molar refractivity (Wildman–Crippen MR) is 108 cm³/mol. The summed E-state index contributed by atoms with van der Waals surface area (Å²) in [6.07, 6.45) is 1.40. The second-order valence-electron chi connectivity index (χ2n) is 6.66. The van der Waals surface area contributed by atoms with Crippen LogP contribution in [0.15, 0.2) is 53.1 Å². The predicted octanol–water partition coefficient (Wildman–Crippen LogP) is 4.33. The average molecular weight is 413 g/mol. The van der Waals surface area contributed by atoms with E-state index < -0.39 is 17.5 Å². The second kappa shape index (κ2) is 9.78. The van der Waals surface area contributed by atoms with Gasteiger partial charge in [-0.15, -0.1) is 0 Å². The van der Waals surface area contributed by atoms with E-state index in [1.54, 1.807) is 6.07 Å². The molecule has 1 heterocycles. The van der Waals surface area contributed by atoms with Gasteiger partial charge in [0.25, 0.3) is 5.91 Å². The van der Waals surface area contributed by atoms with E-state index in [4.69, 9.17) is 4.52 Å². The van der Waals surface area contributed by atoms with Gasteiger partial charge >= 0.3 is 0 Å². The third-order valence-corrected chi connectivity index (χ3v) is 4.47. The Morgan fingerprint density at radius 2 is 1.83 bits per heavy atom. The molecule has 0 saturated carbocycles. The fourth-order valence-corrected chi connectivity index (χ4v) is 2.80. The van der Waals surface area contributed by atoms with Gasteiger partial charge in [0, 0.05) is 30.7 Å². The first-order valence-electron chi connectivity index (χ1n) is 9.55. The number of nitrogens with zero attached hydrogens (tertiary/aromatic N) is 1. The molecular weight excluding hydrogens is 392 g/mol. The van der Waals surface area contributed by atoms with Crippen LogP contribution in [0, 0.1) is 11.6 Å². The second-order valence-corrected chi connectivity index (χ2v) is 6.66. The van der Waals surface area contributed by atoms with Gasteiger partial charge in [-0.1, -0.05) is 36.3 Å². The summed E-state index contributed by atoms with van der Waals surface area (Å²) in [7, 11) is 0. The summed E-state index contributed by atoms with van der Waals surface area (Å²) in [6.45, 7) is 2.24. The van der Waals surface area contributed by atoms with E-state index in [2.05, 4.69) is 22.7 Å². The van der Waals surface area contributed by atoms with Gasteiger partial charge in [0.15, 0.2) is 0 Å². The molecule has 8 heteroatoms. The minimum absolute atomic E-state index is 0.118. The summed E-state index contributed by atoms with van der Waals surface area (Å²) in [4.78, 5) is 23.9. The van der Waals surface area contributed by atoms with Crippen molar-refractivity contribution in [1.29, 1.82) is 0 Å². The number of hydrogen-bond donors (Lipinski definition) is 2. The van der Waals surface area contributed by atoms with Crippen LogP contribution < -0.4 is 10.6 Å². The van der Waals surface area contributed by atoms with E-state index in [1.165, 1.54) is 5.56 Å². The minimum Gasteiger partial charge on any atom is -0.352 e. The van der Waals surface area contributed by atoms with Gasteiger partial charge in [-0.25, -0.2) is 8.78 Å². The third kappa shape index (κ3) is 5.50. The lowest BCUT2D eigenvalue weighted by molar-refractivity contribution is -0.116. The Morgan fingerprint density at radius 3 is 2.53 bits per heavy atom. The third-order valence-electron chi connectivity index (χ3n) is 4.47. The molecule has 0 aliphatic heterocycles. The van der Waals surface area contributed by atoms with Crippen molar-refractivity contribution in [3.05, 3.63) is 71.3 Å². The highest BCUT2D eigenvalue weighted by atomic mass is 19.1.